The van der Waals surface area contributed by atoms with Crippen molar-refractivity contribution in [1.29, 1.82) is 0 Å². The molecule has 2 amide bonds. The number of carbonyl (C=O) groups is 2. The summed E-state index contributed by atoms with van der Waals surface area (Å²) in [4.78, 5) is 22.9. The van der Waals surface area contributed by atoms with E-state index in [-0.39, 0.29) is 18.0 Å². The van der Waals surface area contributed by atoms with E-state index in [2.05, 4.69) is 17.6 Å². The van der Waals surface area contributed by atoms with Crippen molar-refractivity contribution in [2.24, 2.45) is 11.8 Å². The van der Waals surface area contributed by atoms with E-state index in [1.807, 2.05) is 0 Å². The third-order valence-corrected chi connectivity index (χ3v) is 4.24. The molecule has 2 saturated carbocycles. The Bertz CT molecular complexity index is 342. The third kappa shape index (κ3) is 4.40. The first-order valence-corrected chi connectivity index (χ1v) is 7.36. The lowest BCUT2D eigenvalue weighted by Gasteiger charge is -2.19. The lowest BCUT2D eigenvalue weighted by molar-refractivity contribution is -0.139. The van der Waals surface area contributed by atoms with Crippen LogP contribution in [0.1, 0.15) is 51.9 Å². The SMILES string of the molecule is CC1CCCC(NC(=O)NC(C(=O)O)C2CC2)CC1. The van der Waals surface area contributed by atoms with Crippen LogP contribution in [0.4, 0.5) is 4.79 Å². The lowest BCUT2D eigenvalue weighted by Crippen LogP contribution is -2.49. The maximum Gasteiger partial charge on any atom is 0.326 e. The zero-order valence-electron chi connectivity index (χ0n) is 11.5. The fourth-order valence-corrected chi connectivity index (χ4v) is 2.81. The van der Waals surface area contributed by atoms with Crippen LogP contribution in [-0.4, -0.2) is 29.2 Å². The van der Waals surface area contributed by atoms with Crippen molar-refractivity contribution in [3.8, 4) is 0 Å². The molecular formula is C14H24N2O3. The van der Waals surface area contributed by atoms with Crippen LogP contribution in [0, 0.1) is 11.8 Å². The van der Waals surface area contributed by atoms with E-state index in [1.165, 1.54) is 6.42 Å². The molecule has 108 valence electrons. The molecule has 3 N–H and O–H groups in total. The Morgan fingerprint density at radius 3 is 2.47 bits per heavy atom. The van der Waals surface area contributed by atoms with Gasteiger partial charge in [-0.05, 0) is 43.9 Å². The van der Waals surface area contributed by atoms with Gasteiger partial charge in [-0.1, -0.05) is 19.8 Å². The normalized spacial score (nSPS) is 29.1. The van der Waals surface area contributed by atoms with Crippen LogP contribution in [0.15, 0.2) is 0 Å². The Balaban J connectivity index is 1.78. The number of carboxylic acid groups (broad SMARTS) is 1. The van der Waals surface area contributed by atoms with Gasteiger partial charge in [-0.3, -0.25) is 0 Å². The number of carboxylic acids is 1. The summed E-state index contributed by atoms with van der Waals surface area (Å²) in [5.41, 5.74) is 0. The highest BCUT2D eigenvalue weighted by molar-refractivity contribution is 5.83. The van der Waals surface area contributed by atoms with Crippen LogP contribution in [0.3, 0.4) is 0 Å². The third-order valence-electron chi connectivity index (χ3n) is 4.24. The molecular weight excluding hydrogens is 244 g/mol. The highest BCUT2D eigenvalue weighted by Gasteiger charge is 2.37. The molecule has 0 radical (unpaired) electrons. The molecule has 2 aliphatic carbocycles. The van der Waals surface area contributed by atoms with Gasteiger partial charge in [0.25, 0.3) is 0 Å². The van der Waals surface area contributed by atoms with E-state index in [4.69, 9.17) is 5.11 Å². The lowest BCUT2D eigenvalue weighted by atomic mass is 10.0. The second-order valence-electron chi connectivity index (χ2n) is 6.08. The van der Waals surface area contributed by atoms with Crippen molar-refractivity contribution in [2.45, 2.75) is 64.0 Å². The number of urea groups is 1. The van der Waals surface area contributed by atoms with E-state index >= 15 is 0 Å². The van der Waals surface area contributed by atoms with Gasteiger partial charge in [0.1, 0.15) is 6.04 Å². The molecule has 0 aromatic carbocycles. The molecule has 3 atom stereocenters. The van der Waals surface area contributed by atoms with E-state index in [0.717, 1.165) is 44.4 Å². The Morgan fingerprint density at radius 2 is 1.84 bits per heavy atom. The van der Waals surface area contributed by atoms with Gasteiger partial charge in [0.2, 0.25) is 0 Å². The fraction of sp³-hybridized carbons (Fsp3) is 0.857. The van der Waals surface area contributed by atoms with Crippen molar-refractivity contribution in [3.05, 3.63) is 0 Å². The summed E-state index contributed by atoms with van der Waals surface area (Å²) in [5.74, 6) is -0.0716. The molecule has 2 rings (SSSR count). The zero-order valence-corrected chi connectivity index (χ0v) is 11.5. The average molecular weight is 268 g/mol. The van der Waals surface area contributed by atoms with Crippen molar-refractivity contribution in [2.75, 3.05) is 0 Å². The summed E-state index contributed by atoms with van der Waals surface area (Å²) >= 11 is 0. The molecule has 0 heterocycles. The summed E-state index contributed by atoms with van der Waals surface area (Å²) in [7, 11) is 0. The van der Waals surface area contributed by atoms with Crippen molar-refractivity contribution < 1.29 is 14.7 Å². The highest BCUT2D eigenvalue weighted by Crippen LogP contribution is 2.32. The van der Waals surface area contributed by atoms with Crippen LogP contribution in [0.2, 0.25) is 0 Å². The number of amides is 2. The first kappa shape index (κ1) is 14.2. The van der Waals surface area contributed by atoms with Gasteiger partial charge in [-0.15, -0.1) is 0 Å². The molecule has 0 aromatic heterocycles. The number of nitrogens with one attached hydrogen (secondary N) is 2. The van der Waals surface area contributed by atoms with E-state index < -0.39 is 12.0 Å². The van der Waals surface area contributed by atoms with Gasteiger partial charge in [0, 0.05) is 6.04 Å². The van der Waals surface area contributed by atoms with Crippen LogP contribution in [0.5, 0.6) is 0 Å². The topological polar surface area (TPSA) is 78.4 Å². The van der Waals surface area contributed by atoms with Crippen LogP contribution >= 0.6 is 0 Å². The fourth-order valence-electron chi connectivity index (χ4n) is 2.81. The quantitative estimate of drug-likeness (QED) is 0.683. The second kappa shape index (κ2) is 6.26. The Kier molecular flexibility index (Phi) is 4.66. The van der Waals surface area contributed by atoms with Gasteiger partial charge in [0.05, 0.1) is 0 Å². The largest absolute Gasteiger partial charge is 0.480 e. The minimum Gasteiger partial charge on any atom is -0.480 e. The van der Waals surface area contributed by atoms with Gasteiger partial charge in [-0.25, -0.2) is 9.59 Å². The molecule has 0 saturated heterocycles. The number of carbonyl (C=O) groups excluding carboxylic acids is 1. The summed E-state index contributed by atoms with van der Waals surface area (Å²) in [6.07, 6.45) is 7.29. The molecule has 0 spiro atoms. The minimum atomic E-state index is -0.924. The average Bonchev–Trinajstić information content (AvgIpc) is 3.16. The predicted molar refractivity (Wildman–Crippen MR) is 71.9 cm³/mol. The molecule has 5 nitrogen and oxygen atoms in total. The smallest absolute Gasteiger partial charge is 0.326 e. The van der Waals surface area contributed by atoms with Gasteiger partial charge in [0.15, 0.2) is 0 Å². The first-order chi connectivity index (χ1) is 9.06. The van der Waals surface area contributed by atoms with Crippen LogP contribution in [0.25, 0.3) is 0 Å². The van der Waals surface area contributed by atoms with Crippen LogP contribution < -0.4 is 10.6 Å². The highest BCUT2D eigenvalue weighted by atomic mass is 16.4. The maximum absolute atomic E-state index is 11.9. The van der Waals surface area contributed by atoms with Crippen molar-refractivity contribution >= 4 is 12.0 Å². The van der Waals surface area contributed by atoms with Crippen LogP contribution in [-0.2, 0) is 4.79 Å². The second-order valence-corrected chi connectivity index (χ2v) is 6.08. The van der Waals surface area contributed by atoms with E-state index in [1.54, 1.807) is 0 Å². The summed E-state index contributed by atoms with van der Waals surface area (Å²) in [6.45, 7) is 2.25. The zero-order chi connectivity index (χ0) is 13.8. The van der Waals surface area contributed by atoms with Crippen molar-refractivity contribution in [3.63, 3.8) is 0 Å². The predicted octanol–water partition coefficient (Wildman–Crippen LogP) is 2.12. The number of aliphatic carboxylic acids is 1. The van der Waals surface area contributed by atoms with E-state index in [0.29, 0.717) is 0 Å². The Labute approximate surface area is 114 Å². The van der Waals surface area contributed by atoms with Gasteiger partial charge >= 0.3 is 12.0 Å². The van der Waals surface area contributed by atoms with Gasteiger partial charge in [-0.2, -0.15) is 0 Å². The Morgan fingerprint density at radius 1 is 1.11 bits per heavy atom. The molecule has 5 heteroatoms. The molecule has 0 aliphatic heterocycles. The number of hydrogen-bond donors (Lipinski definition) is 3. The molecule has 2 aliphatic rings. The number of hydrogen-bond acceptors (Lipinski definition) is 2. The number of rotatable bonds is 4. The minimum absolute atomic E-state index is 0.123. The monoisotopic (exact) mass is 268 g/mol. The Hall–Kier alpha value is -1.26. The van der Waals surface area contributed by atoms with E-state index in [9.17, 15) is 9.59 Å². The summed E-state index contributed by atoms with van der Waals surface area (Å²) in [5, 5.41) is 14.6. The molecule has 3 unspecified atom stereocenters. The standard InChI is InChI=1S/C14H24N2O3/c1-9-3-2-4-11(8-5-9)15-14(19)16-12(13(17)18)10-6-7-10/h9-12H,2-8H2,1H3,(H,17,18)(H2,15,16,19). The summed E-state index contributed by atoms with van der Waals surface area (Å²) in [6, 6.07) is -0.845. The first-order valence-electron chi connectivity index (χ1n) is 7.36. The van der Waals surface area contributed by atoms with Gasteiger partial charge < -0.3 is 15.7 Å². The molecule has 2 fully saturated rings. The molecule has 0 aromatic rings. The maximum atomic E-state index is 11.9. The summed E-state index contributed by atoms with van der Waals surface area (Å²) < 4.78 is 0. The molecule has 0 bridgehead atoms. The molecule has 19 heavy (non-hydrogen) atoms. The van der Waals surface area contributed by atoms with Crippen molar-refractivity contribution in [1.82, 2.24) is 10.6 Å².